The third-order valence-corrected chi connectivity index (χ3v) is 3.88. The van der Waals surface area contributed by atoms with E-state index in [0.29, 0.717) is 18.4 Å². The Morgan fingerprint density at radius 1 is 1.29 bits per heavy atom. The zero-order valence-electron chi connectivity index (χ0n) is 9.39. The average Bonchev–Trinajstić information content (AvgIpc) is 2.83. The summed E-state index contributed by atoms with van der Waals surface area (Å²) in [6.45, 7) is 0. The van der Waals surface area contributed by atoms with Gasteiger partial charge in [0.2, 0.25) is 0 Å². The van der Waals surface area contributed by atoms with Crippen molar-refractivity contribution in [2.45, 2.75) is 31.7 Å². The Hall–Kier alpha value is -1.36. The SMILES string of the molecule is O=C(NC1CCC(C(=O)O)CC1)c1ccsc1. The van der Waals surface area contributed by atoms with Crippen LogP contribution < -0.4 is 5.32 Å². The van der Waals surface area contributed by atoms with Crippen molar-refractivity contribution in [3.63, 3.8) is 0 Å². The summed E-state index contributed by atoms with van der Waals surface area (Å²) in [5.41, 5.74) is 0.690. The van der Waals surface area contributed by atoms with Crippen molar-refractivity contribution in [3.05, 3.63) is 22.4 Å². The van der Waals surface area contributed by atoms with Crippen molar-refractivity contribution in [3.8, 4) is 0 Å². The molecule has 92 valence electrons. The summed E-state index contributed by atoms with van der Waals surface area (Å²) in [5.74, 6) is -0.998. The van der Waals surface area contributed by atoms with Crippen molar-refractivity contribution >= 4 is 23.2 Å². The van der Waals surface area contributed by atoms with Gasteiger partial charge in [0.1, 0.15) is 0 Å². The largest absolute Gasteiger partial charge is 0.481 e. The van der Waals surface area contributed by atoms with Gasteiger partial charge in [0.25, 0.3) is 5.91 Å². The van der Waals surface area contributed by atoms with Crippen LogP contribution in [0.5, 0.6) is 0 Å². The molecule has 1 heterocycles. The molecule has 4 nitrogen and oxygen atoms in total. The van der Waals surface area contributed by atoms with Gasteiger partial charge in [-0.3, -0.25) is 9.59 Å². The van der Waals surface area contributed by atoms with Gasteiger partial charge in [0, 0.05) is 17.0 Å². The summed E-state index contributed by atoms with van der Waals surface area (Å²) in [6.07, 6.45) is 2.83. The normalized spacial score (nSPS) is 24.2. The Kier molecular flexibility index (Phi) is 3.78. The molecular formula is C12H15NO3S. The van der Waals surface area contributed by atoms with E-state index in [1.165, 1.54) is 11.3 Å². The third kappa shape index (κ3) is 3.06. The lowest BCUT2D eigenvalue weighted by atomic mass is 9.86. The molecule has 1 aliphatic carbocycles. The molecule has 1 aromatic rings. The van der Waals surface area contributed by atoms with Gasteiger partial charge in [0.15, 0.2) is 0 Å². The van der Waals surface area contributed by atoms with E-state index in [2.05, 4.69) is 5.32 Å². The Labute approximate surface area is 104 Å². The summed E-state index contributed by atoms with van der Waals surface area (Å²) in [4.78, 5) is 22.6. The molecule has 0 saturated heterocycles. The molecule has 17 heavy (non-hydrogen) atoms. The molecule has 1 aromatic heterocycles. The monoisotopic (exact) mass is 253 g/mol. The van der Waals surface area contributed by atoms with E-state index < -0.39 is 5.97 Å². The second-order valence-corrected chi connectivity index (χ2v) is 5.15. The minimum absolute atomic E-state index is 0.0509. The molecule has 1 amide bonds. The average molecular weight is 253 g/mol. The predicted molar refractivity (Wildman–Crippen MR) is 65.2 cm³/mol. The minimum Gasteiger partial charge on any atom is -0.481 e. The summed E-state index contributed by atoms with van der Waals surface area (Å²) in [6, 6.07) is 1.92. The summed E-state index contributed by atoms with van der Waals surface area (Å²) >= 11 is 1.50. The lowest BCUT2D eigenvalue weighted by Gasteiger charge is -2.26. The van der Waals surface area contributed by atoms with Crippen LogP contribution in [0.15, 0.2) is 16.8 Å². The lowest BCUT2D eigenvalue weighted by Crippen LogP contribution is -2.38. The number of amides is 1. The number of nitrogens with one attached hydrogen (secondary N) is 1. The molecular weight excluding hydrogens is 238 g/mol. The van der Waals surface area contributed by atoms with E-state index in [1.54, 1.807) is 6.07 Å². The summed E-state index contributed by atoms with van der Waals surface area (Å²) < 4.78 is 0. The second-order valence-electron chi connectivity index (χ2n) is 4.37. The van der Waals surface area contributed by atoms with Crippen LogP contribution in [0.2, 0.25) is 0 Å². The van der Waals surface area contributed by atoms with Gasteiger partial charge in [-0.2, -0.15) is 11.3 Å². The predicted octanol–water partition coefficient (Wildman–Crippen LogP) is 2.12. The number of carboxylic acid groups (broad SMARTS) is 1. The van der Waals surface area contributed by atoms with Crippen LogP contribution in [0, 0.1) is 5.92 Å². The Morgan fingerprint density at radius 2 is 2.00 bits per heavy atom. The van der Waals surface area contributed by atoms with E-state index in [9.17, 15) is 9.59 Å². The number of carboxylic acids is 1. The Bertz CT molecular complexity index is 394. The topological polar surface area (TPSA) is 66.4 Å². The standard InChI is InChI=1S/C12H15NO3S/c14-11(9-5-6-17-7-9)13-10-3-1-8(2-4-10)12(15)16/h5-8,10H,1-4H2,(H,13,14)(H,15,16). The van der Waals surface area contributed by atoms with Crippen LogP contribution in [0.4, 0.5) is 0 Å². The molecule has 1 fully saturated rings. The van der Waals surface area contributed by atoms with Crippen LogP contribution in [-0.4, -0.2) is 23.0 Å². The smallest absolute Gasteiger partial charge is 0.306 e. The highest BCUT2D eigenvalue weighted by atomic mass is 32.1. The molecule has 0 spiro atoms. The van der Waals surface area contributed by atoms with Crippen molar-refractivity contribution in [2.75, 3.05) is 0 Å². The number of carbonyl (C=O) groups is 2. The van der Waals surface area contributed by atoms with Crippen molar-refractivity contribution in [2.24, 2.45) is 5.92 Å². The van der Waals surface area contributed by atoms with Crippen LogP contribution in [0.1, 0.15) is 36.0 Å². The van der Waals surface area contributed by atoms with E-state index in [0.717, 1.165) is 12.8 Å². The first-order valence-corrected chi connectivity index (χ1v) is 6.67. The van der Waals surface area contributed by atoms with Crippen LogP contribution >= 0.6 is 11.3 Å². The highest BCUT2D eigenvalue weighted by Gasteiger charge is 2.26. The highest BCUT2D eigenvalue weighted by molar-refractivity contribution is 7.08. The first kappa shape index (κ1) is 12.1. The maximum absolute atomic E-state index is 11.8. The lowest BCUT2D eigenvalue weighted by molar-refractivity contribution is -0.142. The number of aliphatic carboxylic acids is 1. The molecule has 2 N–H and O–H groups in total. The third-order valence-electron chi connectivity index (χ3n) is 3.20. The van der Waals surface area contributed by atoms with Crippen molar-refractivity contribution in [1.29, 1.82) is 0 Å². The zero-order chi connectivity index (χ0) is 12.3. The van der Waals surface area contributed by atoms with Crippen LogP contribution in [0.25, 0.3) is 0 Å². The van der Waals surface area contributed by atoms with Crippen molar-refractivity contribution in [1.82, 2.24) is 5.32 Å². The van der Waals surface area contributed by atoms with Gasteiger partial charge in [-0.25, -0.2) is 0 Å². The van der Waals surface area contributed by atoms with Gasteiger partial charge in [-0.15, -0.1) is 0 Å². The number of hydrogen-bond acceptors (Lipinski definition) is 3. The molecule has 0 aromatic carbocycles. The van der Waals surface area contributed by atoms with E-state index in [1.807, 2.05) is 10.8 Å². The first-order chi connectivity index (χ1) is 8.16. The van der Waals surface area contributed by atoms with Gasteiger partial charge in [-0.1, -0.05) is 0 Å². The number of rotatable bonds is 3. The summed E-state index contributed by atoms with van der Waals surface area (Å²) in [7, 11) is 0. The van der Waals surface area contributed by atoms with Gasteiger partial charge in [0.05, 0.1) is 5.92 Å². The number of carbonyl (C=O) groups excluding carboxylic acids is 1. The molecule has 5 heteroatoms. The fourth-order valence-corrected chi connectivity index (χ4v) is 2.78. The zero-order valence-corrected chi connectivity index (χ0v) is 10.2. The molecule has 0 radical (unpaired) electrons. The van der Waals surface area contributed by atoms with Crippen LogP contribution in [-0.2, 0) is 4.79 Å². The molecule has 1 aliphatic rings. The van der Waals surface area contributed by atoms with Gasteiger partial charge in [-0.05, 0) is 37.1 Å². The fraction of sp³-hybridized carbons (Fsp3) is 0.500. The second kappa shape index (κ2) is 5.31. The van der Waals surface area contributed by atoms with E-state index in [4.69, 9.17) is 5.11 Å². The van der Waals surface area contributed by atoms with Gasteiger partial charge >= 0.3 is 5.97 Å². The number of hydrogen-bond donors (Lipinski definition) is 2. The molecule has 0 unspecified atom stereocenters. The quantitative estimate of drug-likeness (QED) is 0.867. The molecule has 0 atom stereocenters. The molecule has 2 rings (SSSR count). The van der Waals surface area contributed by atoms with Crippen LogP contribution in [0.3, 0.4) is 0 Å². The molecule has 1 saturated carbocycles. The van der Waals surface area contributed by atoms with E-state index >= 15 is 0 Å². The Balaban J connectivity index is 1.82. The number of thiophene rings is 1. The maximum atomic E-state index is 11.8. The highest BCUT2D eigenvalue weighted by Crippen LogP contribution is 2.24. The Morgan fingerprint density at radius 3 is 2.53 bits per heavy atom. The van der Waals surface area contributed by atoms with Gasteiger partial charge < -0.3 is 10.4 Å². The molecule has 0 bridgehead atoms. The summed E-state index contributed by atoms with van der Waals surface area (Å²) in [5, 5.41) is 15.5. The first-order valence-electron chi connectivity index (χ1n) is 5.72. The molecule has 0 aliphatic heterocycles. The fourth-order valence-electron chi connectivity index (χ4n) is 2.15. The minimum atomic E-state index is -0.715. The maximum Gasteiger partial charge on any atom is 0.306 e. The van der Waals surface area contributed by atoms with Crippen molar-refractivity contribution < 1.29 is 14.7 Å². The van der Waals surface area contributed by atoms with E-state index in [-0.39, 0.29) is 17.9 Å².